The summed E-state index contributed by atoms with van der Waals surface area (Å²) in [5.41, 5.74) is 0. The van der Waals surface area contributed by atoms with Gasteiger partial charge in [0.05, 0.1) is 9.77 Å². The molecule has 0 bridgehead atoms. The van der Waals surface area contributed by atoms with Gasteiger partial charge in [-0.3, -0.25) is 4.79 Å². The van der Waals surface area contributed by atoms with Crippen molar-refractivity contribution in [2.45, 2.75) is 23.8 Å². The minimum absolute atomic E-state index is 0.129. The summed E-state index contributed by atoms with van der Waals surface area (Å²) in [5.74, 6) is -0.226. The van der Waals surface area contributed by atoms with Crippen molar-refractivity contribution in [3.63, 3.8) is 0 Å². The van der Waals surface area contributed by atoms with Gasteiger partial charge >= 0.3 is 0 Å². The fourth-order valence-corrected chi connectivity index (χ4v) is 3.85. The molecule has 1 aliphatic heterocycles. The van der Waals surface area contributed by atoms with E-state index in [1.807, 2.05) is 0 Å². The maximum Gasteiger partial charge on any atom is 0.261 e. The molecule has 0 aliphatic carbocycles. The van der Waals surface area contributed by atoms with E-state index in [9.17, 15) is 13.2 Å². The number of carbonyl (C=O) groups is 1. The van der Waals surface area contributed by atoms with E-state index in [1.165, 1.54) is 18.5 Å². The first-order valence-corrected chi connectivity index (χ1v) is 8.43. The Morgan fingerprint density at radius 1 is 1.58 bits per heavy atom. The summed E-state index contributed by atoms with van der Waals surface area (Å²) in [7, 11) is -2.13. The quantitative estimate of drug-likeness (QED) is 0.722. The van der Waals surface area contributed by atoms with Gasteiger partial charge in [0, 0.05) is 18.0 Å². The van der Waals surface area contributed by atoms with Crippen LogP contribution in [0.4, 0.5) is 0 Å². The highest BCUT2D eigenvalue weighted by Crippen LogP contribution is 2.18. The Morgan fingerprint density at radius 3 is 3.00 bits per heavy atom. The maximum absolute atomic E-state index is 11.9. The Bertz CT molecular complexity index is 547. The fourth-order valence-electron chi connectivity index (χ4n) is 1.93. The molecule has 2 rings (SSSR count). The minimum Gasteiger partial charge on any atom is -0.350 e. The number of hydrogen-bond donors (Lipinski definition) is 3. The molecule has 8 heteroatoms. The Kier molecular flexibility index (Phi) is 4.56. The predicted octanol–water partition coefficient (Wildman–Crippen LogP) is 0.138. The van der Waals surface area contributed by atoms with E-state index in [2.05, 4.69) is 15.4 Å². The number of nitrogens with one attached hydrogen (secondary N) is 3. The second-order valence-electron chi connectivity index (χ2n) is 4.36. The minimum atomic E-state index is -3.47. The van der Waals surface area contributed by atoms with E-state index in [4.69, 9.17) is 0 Å². The SMILES string of the molecule is CNS(=O)(=O)c1csc(C(=O)NCC2CCCN2)c1. The van der Waals surface area contributed by atoms with Crippen LogP contribution in [0.15, 0.2) is 16.3 Å². The summed E-state index contributed by atoms with van der Waals surface area (Å²) in [4.78, 5) is 12.4. The summed E-state index contributed by atoms with van der Waals surface area (Å²) >= 11 is 1.13. The molecule has 0 radical (unpaired) electrons. The predicted molar refractivity (Wildman–Crippen MR) is 73.9 cm³/mol. The number of carbonyl (C=O) groups excluding carboxylic acids is 1. The molecule has 3 N–H and O–H groups in total. The van der Waals surface area contributed by atoms with Gasteiger partial charge < -0.3 is 10.6 Å². The third-order valence-corrected chi connectivity index (χ3v) is 5.52. The normalized spacial score (nSPS) is 19.5. The molecule has 0 aromatic carbocycles. The van der Waals surface area contributed by atoms with Crippen molar-refractivity contribution in [2.24, 2.45) is 0 Å². The van der Waals surface area contributed by atoms with Crippen molar-refractivity contribution in [1.29, 1.82) is 0 Å². The van der Waals surface area contributed by atoms with Crippen LogP contribution >= 0.6 is 11.3 Å². The third kappa shape index (κ3) is 3.53. The standard InChI is InChI=1S/C11H17N3O3S2/c1-12-19(16,17)9-5-10(18-7-9)11(15)14-6-8-3-2-4-13-8/h5,7-8,12-13H,2-4,6H2,1H3,(H,14,15). The van der Waals surface area contributed by atoms with Crippen molar-refractivity contribution >= 4 is 27.3 Å². The molecule has 1 aliphatic rings. The van der Waals surface area contributed by atoms with Gasteiger partial charge in [-0.25, -0.2) is 13.1 Å². The van der Waals surface area contributed by atoms with Gasteiger partial charge in [-0.05, 0) is 32.5 Å². The lowest BCUT2D eigenvalue weighted by molar-refractivity contribution is 0.0954. The van der Waals surface area contributed by atoms with E-state index in [0.29, 0.717) is 17.5 Å². The van der Waals surface area contributed by atoms with Crippen LogP contribution in [0.1, 0.15) is 22.5 Å². The van der Waals surface area contributed by atoms with Crippen molar-refractivity contribution in [3.8, 4) is 0 Å². The van der Waals surface area contributed by atoms with Crippen LogP contribution < -0.4 is 15.4 Å². The van der Waals surface area contributed by atoms with Crippen LogP contribution in [-0.2, 0) is 10.0 Å². The van der Waals surface area contributed by atoms with Crippen molar-refractivity contribution in [1.82, 2.24) is 15.4 Å². The largest absolute Gasteiger partial charge is 0.350 e. The molecule has 1 aromatic rings. The Labute approximate surface area is 116 Å². The second-order valence-corrected chi connectivity index (χ2v) is 7.16. The van der Waals surface area contributed by atoms with Crippen molar-refractivity contribution < 1.29 is 13.2 Å². The van der Waals surface area contributed by atoms with Gasteiger partial charge in [-0.15, -0.1) is 11.3 Å². The zero-order valence-electron chi connectivity index (χ0n) is 10.6. The number of rotatable bonds is 5. The van der Waals surface area contributed by atoms with E-state index in [1.54, 1.807) is 0 Å². The maximum atomic E-state index is 11.9. The van der Waals surface area contributed by atoms with Gasteiger partial charge in [0.1, 0.15) is 0 Å². The summed E-state index contributed by atoms with van der Waals surface area (Å²) in [5, 5.41) is 7.57. The first-order chi connectivity index (χ1) is 9.03. The summed E-state index contributed by atoms with van der Waals surface area (Å²) < 4.78 is 25.3. The van der Waals surface area contributed by atoms with Crippen LogP contribution in [0.5, 0.6) is 0 Å². The molecule has 19 heavy (non-hydrogen) atoms. The monoisotopic (exact) mass is 303 g/mol. The molecule has 106 valence electrons. The van der Waals surface area contributed by atoms with Crippen LogP contribution in [0.3, 0.4) is 0 Å². The van der Waals surface area contributed by atoms with Gasteiger partial charge in [0.25, 0.3) is 5.91 Å². The zero-order valence-corrected chi connectivity index (χ0v) is 12.2. The molecule has 1 saturated heterocycles. The molecule has 6 nitrogen and oxygen atoms in total. The first kappa shape index (κ1) is 14.4. The van der Waals surface area contributed by atoms with Gasteiger partial charge in [-0.1, -0.05) is 0 Å². The lowest BCUT2D eigenvalue weighted by Gasteiger charge is -2.10. The van der Waals surface area contributed by atoms with Gasteiger partial charge in [0.15, 0.2) is 0 Å². The second kappa shape index (κ2) is 6.00. The van der Waals surface area contributed by atoms with Crippen molar-refractivity contribution in [2.75, 3.05) is 20.1 Å². The summed E-state index contributed by atoms with van der Waals surface area (Å²) in [6.07, 6.45) is 2.19. The fraction of sp³-hybridized carbons (Fsp3) is 0.545. The highest BCUT2D eigenvalue weighted by atomic mass is 32.2. The van der Waals surface area contributed by atoms with Crippen LogP contribution in [0, 0.1) is 0 Å². The Balaban J connectivity index is 1.96. The smallest absolute Gasteiger partial charge is 0.261 e. The number of thiophene rings is 1. The molecule has 1 fully saturated rings. The van der Waals surface area contributed by atoms with Crippen LogP contribution in [0.25, 0.3) is 0 Å². The molecule has 1 atom stereocenters. The zero-order chi connectivity index (χ0) is 13.9. The van der Waals surface area contributed by atoms with E-state index >= 15 is 0 Å². The van der Waals surface area contributed by atoms with E-state index in [-0.39, 0.29) is 10.8 Å². The molecular formula is C11H17N3O3S2. The topological polar surface area (TPSA) is 87.3 Å². The molecule has 1 unspecified atom stereocenters. The molecule has 0 saturated carbocycles. The lowest BCUT2D eigenvalue weighted by atomic mass is 10.2. The molecule has 1 amide bonds. The Morgan fingerprint density at radius 2 is 2.37 bits per heavy atom. The average Bonchev–Trinajstić information content (AvgIpc) is 3.07. The average molecular weight is 303 g/mol. The highest BCUT2D eigenvalue weighted by Gasteiger charge is 2.19. The van der Waals surface area contributed by atoms with Crippen LogP contribution in [0.2, 0.25) is 0 Å². The van der Waals surface area contributed by atoms with Gasteiger partial charge in [0.2, 0.25) is 10.0 Å². The number of sulfonamides is 1. The highest BCUT2D eigenvalue weighted by molar-refractivity contribution is 7.89. The Hall–Kier alpha value is -0.960. The summed E-state index contributed by atoms with van der Waals surface area (Å²) in [6.45, 7) is 1.56. The molecule has 1 aromatic heterocycles. The van der Waals surface area contributed by atoms with Gasteiger partial charge in [-0.2, -0.15) is 0 Å². The lowest BCUT2D eigenvalue weighted by Crippen LogP contribution is -2.36. The van der Waals surface area contributed by atoms with E-state index in [0.717, 1.165) is 30.7 Å². The number of hydrogen-bond acceptors (Lipinski definition) is 5. The van der Waals surface area contributed by atoms with Crippen LogP contribution in [-0.4, -0.2) is 40.5 Å². The first-order valence-electron chi connectivity index (χ1n) is 6.06. The summed E-state index contributed by atoms with van der Waals surface area (Å²) in [6, 6.07) is 1.72. The molecule has 0 spiro atoms. The molecule has 2 heterocycles. The number of amides is 1. The molecular weight excluding hydrogens is 286 g/mol. The van der Waals surface area contributed by atoms with Crippen molar-refractivity contribution in [3.05, 3.63) is 16.3 Å². The third-order valence-electron chi connectivity index (χ3n) is 3.05. The van der Waals surface area contributed by atoms with E-state index < -0.39 is 10.0 Å².